The quantitative estimate of drug-likeness (QED) is 0.0897. The highest BCUT2D eigenvalue weighted by molar-refractivity contribution is 5.67. The molecule has 0 heterocycles. The first-order valence-corrected chi connectivity index (χ1v) is 21.5. The molecule has 16 heteroatoms. The Bertz CT molecular complexity index is 1000. The van der Waals surface area contributed by atoms with Crippen molar-refractivity contribution in [1.29, 1.82) is 0 Å². The van der Waals surface area contributed by atoms with Gasteiger partial charge in [-0.3, -0.25) is 0 Å². The third-order valence-corrected chi connectivity index (χ3v) is 8.74. The first-order valence-electron chi connectivity index (χ1n) is 21.5. The van der Waals surface area contributed by atoms with Gasteiger partial charge in [0.2, 0.25) is 0 Å². The minimum Gasteiger partial charge on any atom is -0.491 e. The second kappa shape index (κ2) is 44.0. The van der Waals surface area contributed by atoms with Crippen LogP contribution in [0.2, 0.25) is 0 Å². The SMILES string of the molecule is CCC(C)CCC(CC)c1ccc(OCCOCCOCCOCCOCCOCCOCCOCCOCCOCCOCCOCCOCCOCC(=O)O)cc1. The van der Waals surface area contributed by atoms with Crippen LogP contribution in [0.4, 0.5) is 0 Å². The number of rotatable bonds is 48. The molecule has 1 N–H and O–H groups in total. The molecule has 1 aromatic rings. The Morgan fingerprint density at radius 1 is 0.424 bits per heavy atom. The molecule has 0 bridgehead atoms. The van der Waals surface area contributed by atoms with Crippen LogP contribution in [-0.4, -0.2) is 189 Å². The lowest BCUT2D eigenvalue weighted by Gasteiger charge is -2.18. The normalized spacial score (nSPS) is 12.6. The number of hydrogen-bond donors (Lipinski definition) is 1. The predicted octanol–water partition coefficient (Wildman–Crippen LogP) is 4.69. The topological polar surface area (TPSA) is 167 Å². The summed E-state index contributed by atoms with van der Waals surface area (Å²) in [5.74, 6) is 1.29. The van der Waals surface area contributed by atoms with Gasteiger partial charge in [-0.25, -0.2) is 4.79 Å². The van der Waals surface area contributed by atoms with Crippen molar-refractivity contribution in [3.8, 4) is 5.75 Å². The van der Waals surface area contributed by atoms with Crippen molar-refractivity contribution in [2.45, 2.75) is 52.4 Å². The Morgan fingerprint density at radius 3 is 0.983 bits per heavy atom. The van der Waals surface area contributed by atoms with Crippen LogP contribution in [0.25, 0.3) is 0 Å². The number of aliphatic carboxylic acids is 1. The first kappa shape index (κ1) is 55.0. The fourth-order valence-corrected chi connectivity index (χ4v) is 5.15. The first-order chi connectivity index (χ1) is 29.1. The van der Waals surface area contributed by atoms with Gasteiger partial charge >= 0.3 is 5.97 Å². The van der Waals surface area contributed by atoms with Crippen molar-refractivity contribution in [3.05, 3.63) is 29.8 Å². The molecule has 16 nitrogen and oxygen atoms in total. The Kier molecular flexibility index (Phi) is 41.0. The van der Waals surface area contributed by atoms with Gasteiger partial charge in [0.05, 0.1) is 165 Å². The summed E-state index contributed by atoms with van der Waals surface area (Å²) < 4.78 is 76.4. The van der Waals surface area contributed by atoms with Crippen LogP contribution in [-0.2, 0) is 66.4 Å². The molecule has 0 spiro atoms. The Hall–Kier alpha value is -2.03. The van der Waals surface area contributed by atoms with Gasteiger partial charge in [0.25, 0.3) is 0 Å². The lowest BCUT2D eigenvalue weighted by atomic mass is 9.88. The van der Waals surface area contributed by atoms with E-state index in [1.54, 1.807) is 0 Å². The summed E-state index contributed by atoms with van der Waals surface area (Å²) in [5.41, 5.74) is 1.40. The second-order valence-electron chi connectivity index (χ2n) is 13.4. The molecule has 0 fully saturated rings. The van der Waals surface area contributed by atoms with Gasteiger partial charge < -0.3 is 71.4 Å². The van der Waals surface area contributed by atoms with Gasteiger partial charge in [-0.15, -0.1) is 0 Å². The molecule has 0 radical (unpaired) electrons. The number of benzene rings is 1. The Balaban J connectivity index is 1.69. The standard InChI is InChI=1S/C43H78O16/c1-4-39(3)6-7-40(5-2)41-8-10-42(11-9-41)59-37-36-57-33-32-55-29-28-53-25-24-51-21-20-49-17-16-47-13-12-46-14-15-48-18-19-50-22-23-52-26-27-54-30-31-56-34-35-58-38-43(44)45/h8-11,39-40H,4-7,12-38H2,1-3H3,(H,44,45). The summed E-state index contributed by atoms with van der Waals surface area (Å²) in [4.78, 5) is 10.3. The molecule has 0 aliphatic rings. The average molecular weight is 851 g/mol. The van der Waals surface area contributed by atoms with E-state index < -0.39 is 5.97 Å². The number of ether oxygens (including phenoxy) is 14. The van der Waals surface area contributed by atoms with Crippen molar-refractivity contribution in [3.63, 3.8) is 0 Å². The summed E-state index contributed by atoms with van der Waals surface area (Å²) in [7, 11) is 0. The minimum absolute atomic E-state index is 0.239. The average Bonchev–Trinajstić information content (AvgIpc) is 3.24. The third-order valence-electron chi connectivity index (χ3n) is 8.74. The van der Waals surface area contributed by atoms with Crippen molar-refractivity contribution in [1.82, 2.24) is 0 Å². The van der Waals surface area contributed by atoms with Crippen LogP contribution in [0.3, 0.4) is 0 Å². The zero-order valence-corrected chi connectivity index (χ0v) is 36.5. The fraction of sp³-hybridized carbons (Fsp3) is 0.837. The zero-order valence-electron chi connectivity index (χ0n) is 36.5. The maximum atomic E-state index is 10.3. The molecule has 59 heavy (non-hydrogen) atoms. The third kappa shape index (κ3) is 38.6. The van der Waals surface area contributed by atoms with E-state index >= 15 is 0 Å². The van der Waals surface area contributed by atoms with Crippen LogP contribution >= 0.6 is 0 Å². The van der Waals surface area contributed by atoms with Crippen molar-refractivity contribution in [2.75, 3.05) is 178 Å². The lowest BCUT2D eigenvalue weighted by molar-refractivity contribution is -0.142. The molecule has 2 unspecified atom stereocenters. The fourth-order valence-electron chi connectivity index (χ4n) is 5.15. The van der Waals surface area contributed by atoms with Crippen molar-refractivity contribution >= 4 is 5.97 Å². The van der Waals surface area contributed by atoms with E-state index in [9.17, 15) is 4.79 Å². The Morgan fingerprint density at radius 2 is 0.712 bits per heavy atom. The summed E-state index contributed by atoms with van der Waals surface area (Å²) in [6, 6.07) is 8.55. The van der Waals surface area contributed by atoms with Crippen LogP contribution in [0.1, 0.15) is 57.9 Å². The van der Waals surface area contributed by atoms with Crippen LogP contribution in [0.15, 0.2) is 24.3 Å². The maximum absolute atomic E-state index is 10.3. The van der Waals surface area contributed by atoms with E-state index in [2.05, 4.69) is 45.0 Å². The molecule has 0 saturated carbocycles. The molecule has 0 amide bonds. The van der Waals surface area contributed by atoms with E-state index in [1.165, 1.54) is 24.8 Å². The molecular weight excluding hydrogens is 772 g/mol. The maximum Gasteiger partial charge on any atom is 0.329 e. The second-order valence-corrected chi connectivity index (χ2v) is 13.4. The summed E-state index contributed by atoms with van der Waals surface area (Å²) in [6.45, 7) is 18.8. The highest BCUT2D eigenvalue weighted by atomic mass is 16.6. The van der Waals surface area contributed by atoms with Gasteiger partial charge in [0.1, 0.15) is 19.0 Å². The van der Waals surface area contributed by atoms with Gasteiger partial charge in [-0.2, -0.15) is 0 Å². The van der Waals surface area contributed by atoms with E-state index in [0.29, 0.717) is 171 Å². The van der Waals surface area contributed by atoms with Crippen LogP contribution in [0.5, 0.6) is 5.75 Å². The zero-order chi connectivity index (χ0) is 42.5. The molecule has 0 saturated heterocycles. The number of carboxylic acids is 1. The molecule has 0 aliphatic carbocycles. The summed E-state index contributed by atoms with van der Waals surface area (Å²) in [6.07, 6.45) is 4.94. The highest BCUT2D eigenvalue weighted by Gasteiger charge is 2.11. The van der Waals surface area contributed by atoms with E-state index in [1.807, 2.05) is 0 Å². The van der Waals surface area contributed by atoms with Gasteiger partial charge in [-0.1, -0.05) is 45.7 Å². The number of hydrogen-bond acceptors (Lipinski definition) is 15. The molecule has 346 valence electrons. The molecule has 1 aromatic carbocycles. The van der Waals surface area contributed by atoms with Crippen molar-refractivity contribution < 1.29 is 76.2 Å². The van der Waals surface area contributed by atoms with E-state index in [0.717, 1.165) is 18.1 Å². The van der Waals surface area contributed by atoms with Crippen LogP contribution in [0, 0.1) is 5.92 Å². The van der Waals surface area contributed by atoms with Gasteiger partial charge in [-0.05, 0) is 42.4 Å². The van der Waals surface area contributed by atoms with Crippen LogP contribution < -0.4 is 4.74 Å². The van der Waals surface area contributed by atoms with E-state index in [-0.39, 0.29) is 13.2 Å². The van der Waals surface area contributed by atoms with Gasteiger partial charge in [0, 0.05) is 0 Å². The molecule has 2 atom stereocenters. The molecule has 1 rings (SSSR count). The predicted molar refractivity (Wildman–Crippen MR) is 222 cm³/mol. The minimum atomic E-state index is -0.997. The smallest absolute Gasteiger partial charge is 0.329 e. The van der Waals surface area contributed by atoms with Gasteiger partial charge in [0.15, 0.2) is 0 Å². The summed E-state index contributed by atoms with van der Waals surface area (Å²) >= 11 is 0. The summed E-state index contributed by atoms with van der Waals surface area (Å²) in [5, 5.41) is 8.44. The molecule has 0 aromatic heterocycles. The number of carboxylic acid groups (broad SMARTS) is 1. The molecular formula is C43H78O16. The highest BCUT2D eigenvalue weighted by Crippen LogP contribution is 2.28. The largest absolute Gasteiger partial charge is 0.491 e. The van der Waals surface area contributed by atoms with E-state index in [4.69, 9.17) is 71.4 Å². The lowest BCUT2D eigenvalue weighted by Crippen LogP contribution is -2.16. The van der Waals surface area contributed by atoms with Crippen molar-refractivity contribution in [2.24, 2.45) is 5.92 Å². The molecule has 0 aliphatic heterocycles. The monoisotopic (exact) mass is 851 g/mol. The number of carbonyl (C=O) groups is 1. The Labute approximate surface area is 353 Å².